The van der Waals surface area contributed by atoms with Crippen LogP contribution in [-0.4, -0.2) is 25.7 Å². The molecule has 0 saturated carbocycles. The highest BCUT2D eigenvalue weighted by atomic mass is 79.9. The minimum Gasteiger partial charge on any atom is -0.385 e. The minimum atomic E-state index is -0.543. The first-order valence-corrected chi connectivity index (χ1v) is 6.15. The van der Waals surface area contributed by atoms with Crippen LogP contribution in [0.5, 0.6) is 0 Å². The third-order valence-electron chi connectivity index (χ3n) is 2.40. The maximum atomic E-state index is 11.7. The molecule has 0 fully saturated rings. The molecule has 1 aromatic rings. The maximum Gasteiger partial charge on any atom is 0.241 e. The van der Waals surface area contributed by atoms with E-state index >= 15 is 0 Å². The van der Waals surface area contributed by atoms with Gasteiger partial charge in [-0.25, -0.2) is 0 Å². The van der Waals surface area contributed by atoms with E-state index in [0.29, 0.717) is 13.0 Å². The summed E-state index contributed by atoms with van der Waals surface area (Å²) in [5.74, 6) is -0.191. The van der Waals surface area contributed by atoms with Crippen molar-refractivity contribution in [1.82, 2.24) is 0 Å². The van der Waals surface area contributed by atoms with Crippen molar-refractivity contribution < 1.29 is 9.53 Å². The number of benzene rings is 1. The van der Waals surface area contributed by atoms with Gasteiger partial charge in [-0.3, -0.25) is 4.79 Å². The van der Waals surface area contributed by atoms with Crippen LogP contribution in [0, 0.1) is 6.92 Å². The fraction of sp³-hybridized carbons (Fsp3) is 0.417. The number of rotatable bonds is 5. The molecule has 0 radical (unpaired) electrons. The van der Waals surface area contributed by atoms with Gasteiger partial charge in [0.2, 0.25) is 5.91 Å². The smallest absolute Gasteiger partial charge is 0.241 e. The molecule has 0 spiro atoms. The monoisotopic (exact) mass is 300 g/mol. The molecule has 3 N–H and O–H groups in total. The number of ether oxygens (including phenoxy) is 1. The Morgan fingerprint density at radius 3 is 2.88 bits per heavy atom. The highest BCUT2D eigenvalue weighted by molar-refractivity contribution is 9.10. The molecule has 1 atom stereocenters. The number of nitrogens with two attached hydrogens (primary N) is 1. The Bertz CT molecular complexity index is 396. The number of halogens is 1. The summed E-state index contributed by atoms with van der Waals surface area (Å²) in [7, 11) is 1.59. The zero-order chi connectivity index (χ0) is 12.8. The zero-order valence-electron chi connectivity index (χ0n) is 10.00. The molecule has 1 unspecified atom stereocenters. The summed E-state index contributed by atoms with van der Waals surface area (Å²) in [6, 6.07) is 5.08. The Balaban J connectivity index is 2.58. The zero-order valence-corrected chi connectivity index (χ0v) is 11.6. The van der Waals surface area contributed by atoms with Gasteiger partial charge < -0.3 is 15.8 Å². The SMILES string of the molecule is COCCC(N)C(=O)Nc1ccc(Br)c(C)c1. The van der Waals surface area contributed by atoms with E-state index in [1.165, 1.54) is 0 Å². The molecule has 0 aliphatic carbocycles. The van der Waals surface area contributed by atoms with Crippen molar-refractivity contribution >= 4 is 27.5 Å². The third kappa shape index (κ3) is 4.46. The number of carbonyl (C=O) groups is 1. The molecule has 0 heterocycles. The van der Waals surface area contributed by atoms with E-state index in [-0.39, 0.29) is 5.91 Å². The lowest BCUT2D eigenvalue weighted by molar-refractivity contribution is -0.117. The first-order valence-electron chi connectivity index (χ1n) is 5.36. The fourth-order valence-corrected chi connectivity index (χ4v) is 1.58. The summed E-state index contributed by atoms with van der Waals surface area (Å²) in [5.41, 5.74) is 7.53. The Labute approximate surface area is 110 Å². The molecule has 0 aromatic heterocycles. The summed E-state index contributed by atoms with van der Waals surface area (Å²) >= 11 is 3.40. The average molecular weight is 301 g/mol. The fourth-order valence-electron chi connectivity index (χ4n) is 1.33. The molecule has 5 heteroatoms. The summed E-state index contributed by atoms with van der Waals surface area (Å²) in [6.45, 7) is 2.44. The van der Waals surface area contributed by atoms with Crippen LogP contribution in [0.3, 0.4) is 0 Å². The largest absolute Gasteiger partial charge is 0.385 e. The minimum absolute atomic E-state index is 0.191. The predicted molar refractivity (Wildman–Crippen MR) is 72.0 cm³/mol. The molecule has 0 bridgehead atoms. The van der Waals surface area contributed by atoms with E-state index < -0.39 is 6.04 Å². The number of methoxy groups -OCH3 is 1. The Kier molecular flexibility index (Phi) is 5.61. The van der Waals surface area contributed by atoms with E-state index in [1.54, 1.807) is 7.11 Å². The van der Waals surface area contributed by atoms with Crippen LogP contribution in [0.4, 0.5) is 5.69 Å². The van der Waals surface area contributed by atoms with E-state index in [9.17, 15) is 4.79 Å². The lowest BCUT2D eigenvalue weighted by Crippen LogP contribution is -2.36. The summed E-state index contributed by atoms with van der Waals surface area (Å²) in [5, 5.41) is 2.78. The van der Waals surface area contributed by atoms with E-state index in [2.05, 4.69) is 21.2 Å². The van der Waals surface area contributed by atoms with E-state index in [0.717, 1.165) is 15.7 Å². The van der Waals surface area contributed by atoms with Crippen molar-refractivity contribution in [3.05, 3.63) is 28.2 Å². The van der Waals surface area contributed by atoms with Gasteiger partial charge in [-0.1, -0.05) is 15.9 Å². The number of aryl methyl sites for hydroxylation is 1. The second-order valence-electron chi connectivity index (χ2n) is 3.84. The molecule has 1 amide bonds. The van der Waals surface area contributed by atoms with E-state index in [4.69, 9.17) is 10.5 Å². The number of anilines is 1. The number of amides is 1. The highest BCUT2D eigenvalue weighted by Gasteiger charge is 2.13. The van der Waals surface area contributed by atoms with Crippen LogP contribution in [0.2, 0.25) is 0 Å². The second kappa shape index (κ2) is 6.74. The number of nitrogens with one attached hydrogen (secondary N) is 1. The molecule has 1 rings (SSSR count). The topological polar surface area (TPSA) is 64.3 Å². The van der Waals surface area contributed by atoms with Crippen molar-refractivity contribution in [2.75, 3.05) is 19.0 Å². The van der Waals surface area contributed by atoms with Gasteiger partial charge in [0.25, 0.3) is 0 Å². The van der Waals surface area contributed by atoms with Crippen LogP contribution in [0.15, 0.2) is 22.7 Å². The average Bonchev–Trinajstić information content (AvgIpc) is 2.30. The Hall–Kier alpha value is -0.910. The van der Waals surface area contributed by atoms with Crippen LogP contribution in [-0.2, 0) is 9.53 Å². The van der Waals surface area contributed by atoms with Crippen molar-refractivity contribution in [2.24, 2.45) is 5.73 Å². The summed E-state index contributed by atoms with van der Waals surface area (Å²) < 4.78 is 5.89. The van der Waals surface area contributed by atoms with Crippen LogP contribution in [0.25, 0.3) is 0 Å². The van der Waals surface area contributed by atoms with Crippen molar-refractivity contribution in [1.29, 1.82) is 0 Å². The van der Waals surface area contributed by atoms with Crippen LogP contribution < -0.4 is 11.1 Å². The standard InChI is InChI=1S/C12H17BrN2O2/c1-8-7-9(3-4-10(8)13)15-12(16)11(14)5-6-17-2/h3-4,7,11H,5-6,14H2,1-2H3,(H,15,16). The van der Waals surface area contributed by atoms with Crippen LogP contribution >= 0.6 is 15.9 Å². The third-order valence-corrected chi connectivity index (χ3v) is 3.28. The normalized spacial score (nSPS) is 12.2. The quantitative estimate of drug-likeness (QED) is 0.875. The summed E-state index contributed by atoms with van der Waals surface area (Å²) in [6.07, 6.45) is 0.512. The van der Waals surface area contributed by atoms with E-state index in [1.807, 2.05) is 25.1 Å². The van der Waals surface area contributed by atoms with Crippen molar-refractivity contribution in [3.63, 3.8) is 0 Å². The molecule has 0 saturated heterocycles. The molecule has 17 heavy (non-hydrogen) atoms. The van der Waals surface area contributed by atoms with Gasteiger partial charge in [0.15, 0.2) is 0 Å². The van der Waals surface area contributed by atoms with Gasteiger partial charge in [0.1, 0.15) is 0 Å². The first-order chi connectivity index (χ1) is 8.04. The van der Waals surface area contributed by atoms with Gasteiger partial charge in [-0.15, -0.1) is 0 Å². The van der Waals surface area contributed by atoms with Gasteiger partial charge >= 0.3 is 0 Å². The molecular formula is C12H17BrN2O2. The number of hydrogen-bond acceptors (Lipinski definition) is 3. The summed E-state index contributed by atoms with van der Waals surface area (Å²) in [4.78, 5) is 11.7. The highest BCUT2D eigenvalue weighted by Crippen LogP contribution is 2.20. The number of hydrogen-bond donors (Lipinski definition) is 2. The molecule has 1 aromatic carbocycles. The lowest BCUT2D eigenvalue weighted by Gasteiger charge is -2.12. The van der Waals surface area contributed by atoms with Crippen molar-refractivity contribution in [3.8, 4) is 0 Å². The van der Waals surface area contributed by atoms with Crippen LogP contribution in [0.1, 0.15) is 12.0 Å². The first kappa shape index (κ1) is 14.2. The van der Waals surface area contributed by atoms with Crippen molar-refractivity contribution in [2.45, 2.75) is 19.4 Å². The molecular weight excluding hydrogens is 284 g/mol. The van der Waals surface area contributed by atoms with Gasteiger partial charge in [-0.2, -0.15) is 0 Å². The number of carbonyl (C=O) groups excluding carboxylic acids is 1. The molecule has 0 aliphatic rings. The molecule has 4 nitrogen and oxygen atoms in total. The van der Waals surface area contributed by atoms with Gasteiger partial charge in [0.05, 0.1) is 6.04 Å². The Morgan fingerprint density at radius 1 is 1.59 bits per heavy atom. The maximum absolute atomic E-state index is 11.7. The lowest BCUT2D eigenvalue weighted by atomic mass is 10.2. The van der Waals surface area contributed by atoms with Gasteiger partial charge in [-0.05, 0) is 37.1 Å². The predicted octanol–water partition coefficient (Wildman–Crippen LogP) is 2.06. The second-order valence-corrected chi connectivity index (χ2v) is 4.70. The molecule has 0 aliphatic heterocycles. The van der Waals surface area contributed by atoms with Gasteiger partial charge in [0, 0.05) is 23.9 Å². The molecule has 94 valence electrons. The Morgan fingerprint density at radius 2 is 2.29 bits per heavy atom.